The van der Waals surface area contributed by atoms with E-state index >= 15 is 0 Å². The second kappa shape index (κ2) is 11.6. The lowest BCUT2D eigenvalue weighted by molar-refractivity contribution is -0.141. The fourth-order valence-corrected chi connectivity index (χ4v) is 4.18. The summed E-state index contributed by atoms with van der Waals surface area (Å²) in [4.78, 5) is 42.6. The molecule has 1 fully saturated rings. The minimum atomic E-state index is -0.682. The highest BCUT2D eigenvalue weighted by Crippen LogP contribution is 2.37. The normalized spacial score (nSPS) is 15.4. The number of esters is 1. The molecule has 2 aromatic rings. The van der Waals surface area contributed by atoms with Crippen LogP contribution in [-0.2, 0) is 14.3 Å². The number of hydrogen-bond donors (Lipinski definition) is 1. The van der Waals surface area contributed by atoms with Crippen LogP contribution in [0.25, 0.3) is 5.57 Å². The summed E-state index contributed by atoms with van der Waals surface area (Å²) in [6, 6.07) is 5.38. The highest BCUT2D eigenvalue weighted by atomic mass is 16.5. The van der Waals surface area contributed by atoms with Gasteiger partial charge in [-0.3, -0.25) is 19.4 Å². The third-order valence-corrected chi connectivity index (χ3v) is 6.24. The van der Waals surface area contributed by atoms with Crippen LogP contribution in [0, 0.1) is 5.92 Å². The smallest absolute Gasteiger partial charge is 0.307 e. The Kier molecular flexibility index (Phi) is 8.58. The van der Waals surface area contributed by atoms with Gasteiger partial charge in [-0.1, -0.05) is 43.7 Å². The molecule has 2 heterocycles. The van der Waals surface area contributed by atoms with E-state index in [4.69, 9.17) is 4.74 Å². The molecule has 186 valence electrons. The van der Waals surface area contributed by atoms with Gasteiger partial charge < -0.3 is 14.6 Å². The number of aromatic nitrogens is 2. The third-order valence-electron chi connectivity index (χ3n) is 6.24. The predicted octanol–water partition coefficient (Wildman–Crippen LogP) is 4.79. The molecule has 0 aliphatic heterocycles. The molecule has 2 unspecified atom stereocenters. The Bertz CT molecular complexity index is 1210. The molecule has 2 aromatic heterocycles. The van der Waals surface area contributed by atoms with E-state index in [0.717, 1.165) is 35.1 Å². The van der Waals surface area contributed by atoms with Crippen LogP contribution in [-0.4, -0.2) is 28.5 Å². The SMILES string of the molecule is C=C/C(C)=C(\C(=C)C)c1cncc(C(CC(=O)OC)NC(=O)C(CC2CC2)n2ccccc2=O)c1.[HH]. The summed E-state index contributed by atoms with van der Waals surface area (Å²) in [5, 5.41) is 3.00. The number of amides is 1. The zero-order chi connectivity index (χ0) is 25.5. The summed E-state index contributed by atoms with van der Waals surface area (Å²) in [7, 11) is 1.31. The van der Waals surface area contributed by atoms with E-state index < -0.39 is 18.1 Å². The molecule has 1 N–H and O–H groups in total. The minimum absolute atomic E-state index is 0. The van der Waals surface area contributed by atoms with E-state index in [1.165, 1.54) is 17.7 Å². The van der Waals surface area contributed by atoms with E-state index in [9.17, 15) is 14.4 Å². The van der Waals surface area contributed by atoms with Gasteiger partial charge in [0.15, 0.2) is 0 Å². The Hall–Kier alpha value is -3.74. The first-order valence-electron chi connectivity index (χ1n) is 11.7. The van der Waals surface area contributed by atoms with Crippen molar-refractivity contribution in [2.75, 3.05) is 7.11 Å². The molecule has 35 heavy (non-hydrogen) atoms. The van der Waals surface area contributed by atoms with Crippen molar-refractivity contribution in [2.24, 2.45) is 5.92 Å². The van der Waals surface area contributed by atoms with Crippen LogP contribution in [0.15, 0.2) is 78.0 Å². The number of nitrogens with zero attached hydrogens (tertiary/aromatic N) is 2. The lowest BCUT2D eigenvalue weighted by Gasteiger charge is -2.24. The van der Waals surface area contributed by atoms with Crippen LogP contribution in [0.1, 0.15) is 64.2 Å². The summed E-state index contributed by atoms with van der Waals surface area (Å²) in [6.45, 7) is 11.8. The number of carbonyl (C=O) groups excluding carboxylic acids is 2. The van der Waals surface area contributed by atoms with Gasteiger partial charge in [0.2, 0.25) is 5.91 Å². The van der Waals surface area contributed by atoms with E-state index in [0.29, 0.717) is 17.9 Å². The molecule has 0 radical (unpaired) electrons. The van der Waals surface area contributed by atoms with E-state index in [-0.39, 0.29) is 19.3 Å². The number of nitrogens with one attached hydrogen (secondary N) is 1. The van der Waals surface area contributed by atoms with Gasteiger partial charge in [-0.2, -0.15) is 0 Å². The Morgan fingerprint density at radius 1 is 1.31 bits per heavy atom. The first kappa shape index (κ1) is 25.9. The highest BCUT2D eigenvalue weighted by Gasteiger charge is 2.32. The second-order valence-corrected chi connectivity index (χ2v) is 9.03. The molecule has 1 saturated carbocycles. The fourth-order valence-electron chi connectivity index (χ4n) is 4.18. The Labute approximate surface area is 207 Å². The number of allylic oxidation sites excluding steroid dienone is 4. The largest absolute Gasteiger partial charge is 0.469 e. The lowest BCUT2D eigenvalue weighted by Crippen LogP contribution is -2.39. The first-order chi connectivity index (χ1) is 16.7. The second-order valence-electron chi connectivity index (χ2n) is 9.03. The summed E-state index contributed by atoms with van der Waals surface area (Å²) in [5.41, 5.74) is 3.92. The van der Waals surface area contributed by atoms with E-state index in [1.54, 1.807) is 36.8 Å². The molecule has 0 aromatic carbocycles. The molecule has 1 aliphatic rings. The minimum Gasteiger partial charge on any atom is -0.469 e. The molecular weight excluding hydrogens is 442 g/mol. The van der Waals surface area contributed by atoms with Gasteiger partial charge in [-0.15, -0.1) is 0 Å². The number of rotatable bonds is 11. The van der Waals surface area contributed by atoms with Crippen molar-refractivity contribution >= 4 is 17.4 Å². The maximum absolute atomic E-state index is 13.5. The molecule has 7 nitrogen and oxygen atoms in total. The predicted molar refractivity (Wildman–Crippen MR) is 139 cm³/mol. The molecule has 0 bridgehead atoms. The quantitative estimate of drug-likeness (QED) is 0.371. The summed E-state index contributed by atoms with van der Waals surface area (Å²) in [5.74, 6) is -0.372. The maximum Gasteiger partial charge on any atom is 0.307 e. The van der Waals surface area contributed by atoms with Crippen LogP contribution in [0.2, 0.25) is 0 Å². The van der Waals surface area contributed by atoms with Crippen molar-refractivity contribution in [3.8, 4) is 0 Å². The topological polar surface area (TPSA) is 90.3 Å². The highest BCUT2D eigenvalue weighted by molar-refractivity contribution is 5.83. The van der Waals surface area contributed by atoms with Gasteiger partial charge in [-0.05, 0) is 55.0 Å². The van der Waals surface area contributed by atoms with E-state index in [1.807, 2.05) is 19.9 Å². The van der Waals surface area contributed by atoms with Crippen molar-refractivity contribution in [3.05, 3.63) is 94.7 Å². The van der Waals surface area contributed by atoms with Crippen molar-refractivity contribution in [1.29, 1.82) is 0 Å². The van der Waals surface area contributed by atoms with Crippen molar-refractivity contribution in [1.82, 2.24) is 14.9 Å². The van der Waals surface area contributed by atoms with Gasteiger partial charge in [0.05, 0.1) is 19.6 Å². The van der Waals surface area contributed by atoms with Crippen LogP contribution < -0.4 is 10.9 Å². The van der Waals surface area contributed by atoms with Crippen LogP contribution in [0.4, 0.5) is 0 Å². The average molecular weight is 478 g/mol. The van der Waals surface area contributed by atoms with Crippen molar-refractivity contribution in [2.45, 2.75) is 51.6 Å². The molecule has 1 amide bonds. The molecule has 0 spiro atoms. The van der Waals surface area contributed by atoms with Crippen LogP contribution >= 0.6 is 0 Å². The molecular formula is C28H35N3O4. The zero-order valence-electron chi connectivity index (χ0n) is 20.6. The van der Waals surface area contributed by atoms with Gasteiger partial charge >= 0.3 is 5.97 Å². The molecule has 7 heteroatoms. The van der Waals surface area contributed by atoms with Gasteiger partial charge in [0.25, 0.3) is 5.56 Å². The summed E-state index contributed by atoms with van der Waals surface area (Å²) in [6.07, 6.45) is 9.32. The van der Waals surface area contributed by atoms with Gasteiger partial charge in [-0.25, -0.2) is 0 Å². The van der Waals surface area contributed by atoms with Crippen molar-refractivity contribution < 1.29 is 15.8 Å². The Morgan fingerprint density at radius 3 is 2.66 bits per heavy atom. The monoisotopic (exact) mass is 477 g/mol. The zero-order valence-corrected chi connectivity index (χ0v) is 20.6. The van der Waals surface area contributed by atoms with Crippen LogP contribution in [0.3, 0.4) is 0 Å². The lowest BCUT2D eigenvalue weighted by atomic mass is 9.94. The van der Waals surface area contributed by atoms with E-state index in [2.05, 4.69) is 23.5 Å². The molecule has 2 atom stereocenters. The van der Waals surface area contributed by atoms with Gasteiger partial charge in [0, 0.05) is 31.6 Å². The molecule has 0 saturated heterocycles. The summed E-state index contributed by atoms with van der Waals surface area (Å²) >= 11 is 0. The number of pyridine rings is 2. The number of ether oxygens (including phenoxy) is 1. The summed E-state index contributed by atoms with van der Waals surface area (Å²) < 4.78 is 6.36. The van der Waals surface area contributed by atoms with Crippen molar-refractivity contribution in [3.63, 3.8) is 0 Å². The Morgan fingerprint density at radius 2 is 2.06 bits per heavy atom. The molecule has 1 aliphatic carbocycles. The maximum atomic E-state index is 13.5. The molecule has 3 rings (SSSR count). The number of methoxy groups -OCH3 is 1. The first-order valence-corrected chi connectivity index (χ1v) is 11.7. The fraction of sp³-hybridized carbons (Fsp3) is 0.357. The number of carbonyl (C=O) groups is 2. The number of hydrogen-bond acceptors (Lipinski definition) is 5. The van der Waals surface area contributed by atoms with Crippen LogP contribution in [0.5, 0.6) is 0 Å². The van der Waals surface area contributed by atoms with Gasteiger partial charge in [0.1, 0.15) is 6.04 Å². The third kappa shape index (κ3) is 6.66. The Balaban J connectivity index is 0.00000456. The standard InChI is InChI=1S/C28H33N3O4.H2/c1-6-19(4)27(18(2)3)22-14-21(16-29-17-22)23(15-26(33)35-5)30-28(34)24(13-20-10-11-20)31-12-8-7-9-25(31)32;/h6-9,12,14,16-17,20,23-24H,1-2,10-11,13,15H2,3-5H3,(H,30,34);1H/b27-19+;. The average Bonchev–Trinajstić information content (AvgIpc) is 3.66.